The minimum Gasteiger partial charge on any atom is -0.489 e. The molecule has 5 heteroatoms. The predicted octanol–water partition coefficient (Wildman–Crippen LogP) is 3.75. The normalized spacial score (nSPS) is 10.3. The van der Waals surface area contributed by atoms with Gasteiger partial charge >= 0.3 is 0 Å². The van der Waals surface area contributed by atoms with Gasteiger partial charge in [0.1, 0.15) is 12.2 Å². The second-order valence-electron chi connectivity index (χ2n) is 5.81. The lowest BCUT2D eigenvalue weighted by Crippen LogP contribution is -2.22. The topological polar surface area (TPSA) is 67.4 Å². The molecular formula is C19H22N2O3. The summed E-state index contributed by atoms with van der Waals surface area (Å²) < 4.78 is 5.64. The molecule has 2 aromatic rings. The summed E-state index contributed by atoms with van der Waals surface area (Å²) in [5.41, 5.74) is 2.27. The monoisotopic (exact) mass is 326 g/mol. The van der Waals surface area contributed by atoms with Gasteiger partial charge in [-0.05, 0) is 50.6 Å². The number of para-hydroxylation sites is 2. The summed E-state index contributed by atoms with van der Waals surface area (Å²) in [5.74, 6) is -0.166. The maximum Gasteiger partial charge on any atom is 0.233 e. The van der Waals surface area contributed by atoms with Gasteiger partial charge in [0.25, 0.3) is 0 Å². The van der Waals surface area contributed by atoms with E-state index < -0.39 is 0 Å². The Balaban J connectivity index is 1.94. The zero-order valence-electron chi connectivity index (χ0n) is 14.1. The molecule has 0 saturated heterocycles. The van der Waals surface area contributed by atoms with Crippen LogP contribution in [0.4, 0.5) is 11.4 Å². The number of hydrogen-bond donors (Lipinski definition) is 2. The molecule has 2 aromatic carbocycles. The van der Waals surface area contributed by atoms with E-state index in [1.165, 1.54) is 0 Å². The molecule has 0 heterocycles. The number of nitrogens with one attached hydrogen (secondary N) is 2. The summed E-state index contributed by atoms with van der Waals surface area (Å²) in [7, 11) is 0. The average Bonchev–Trinajstić information content (AvgIpc) is 2.48. The van der Waals surface area contributed by atoms with Gasteiger partial charge in [0, 0.05) is 5.69 Å². The van der Waals surface area contributed by atoms with Gasteiger partial charge in [-0.1, -0.05) is 24.3 Å². The Kier molecular flexibility index (Phi) is 5.95. The first-order chi connectivity index (χ1) is 11.4. The molecule has 24 heavy (non-hydrogen) atoms. The Morgan fingerprint density at radius 2 is 1.71 bits per heavy atom. The van der Waals surface area contributed by atoms with Crippen LogP contribution < -0.4 is 15.4 Å². The van der Waals surface area contributed by atoms with Crippen molar-refractivity contribution < 1.29 is 14.3 Å². The fourth-order valence-corrected chi connectivity index (χ4v) is 2.19. The van der Waals surface area contributed by atoms with Gasteiger partial charge in [0.2, 0.25) is 11.8 Å². The van der Waals surface area contributed by atoms with Gasteiger partial charge in [0.15, 0.2) is 0 Å². The van der Waals surface area contributed by atoms with E-state index in [1.807, 2.05) is 45.0 Å². The van der Waals surface area contributed by atoms with Crippen molar-refractivity contribution in [2.75, 3.05) is 10.6 Å². The standard InChI is InChI=1S/C19H22N2O3/c1-13(2)24-17-10-5-4-9-16(17)21-19(23)12-18(22)20-15-8-6-7-14(3)11-15/h4-11,13H,12H2,1-3H3,(H,20,22)(H,21,23). The molecule has 0 radical (unpaired) electrons. The van der Waals surface area contributed by atoms with Crippen LogP contribution in [0, 0.1) is 6.92 Å². The van der Waals surface area contributed by atoms with E-state index in [9.17, 15) is 9.59 Å². The lowest BCUT2D eigenvalue weighted by atomic mass is 10.2. The summed E-state index contributed by atoms with van der Waals surface area (Å²) >= 11 is 0. The zero-order chi connectivity index (χ0) is 17.5. The highest BCUT2D eigenvalue weighted by molar-refractivity contribution is 6.08. The van der Waals surface area contributed by atoms with Gasteiger partial charge < -0.3 is 15.4 Å². The molecule has 0 aliphatic rings. The van der Waals surface area contributed by atoms with Crippen molar-refractivity contribution in [1.29, 1.82) is 0 Å². The summed E-state index contributed by atoms with van der Waals surface area (Å²) in [5, 5.41) is 5.43. The van der Waals surface area contributed by atoms with Crippen molar-refractivity contribution in [3.63, 3.8) is 0 Å². The number of aryl methyl sites for hydroxylation is 1. The third-order valence-electron chi connectivity index (χ3n) is 3.15. The molecule has 0 fully saturated rings. The Morgan fingerprint density at radius 1 is 1.00 bits per heavy atom. The Hall–Kier alpha value is -2.82. The van der Waals surface area contributed by atoms with Crippen LogP contribution in [-0.2, 0) is 9.59 Å². The molecule has 0 unspecified atom stereocenters. The lowest BCUT2D eigenvalue weighted by Gasteiger charge is -2.14. The minimum absolute atomic E-state index is 0.00679. The van der Waals surface area contributed by atoms with Crippen LogP contribution >= 0.6 is 0 Å². The average molecular weight is 326 g/mol. The van der Waals surface area contributed by atoms with E-state index in [4.69, 9.17) is 4.74 Å². The summed E-state index contributed by atoms with van der Waals surface area (Å²) in [6, 6.07) is 14.6. The molecule has 0 atom stereocenters. The quantitative estimate of drug-likeness (QED) is 0.795. The number of ether oxygens (including phenoxy) is 1. The molecule has 5 nitrogen and oxygen atoms in total. The van der Waals surface area contributed by atoms with Gasteiger partial charge in [-0.2, -0.15) is 0 Å². The molecule has 0 spiro atoms. The number of amides is 2. The first-order valence-corrected chi connectivity index (χ1v) is 7.86. The SMILES string of the molecule is Cc1cccc(NC(=O)CC(=O)Nc2ccccc2OC(C)C)c1. The first kappa shape index (κ1) is 17.5. The van der Waals surface area contributed by atoms with Crippen LogP contribution in [-0.4, -0.2) is 17.9 Å². The van der Waals surface area contributed by atoms with Crippen molar-refractivity contribution in [3.05, 3.63) is 54.1 Å². The Labute approximate surface area is 142 Å². The number of hydrogen-bond acceptors (Lipinski definition) is 3. The highest BCUT2D eigenvalue weighted by atomic mass is 16.5. The zero-order valence-corrected chi connectivity index (χ0v) is 14.1. The van der Waals surface area contributed by atoms with Gasteiger partial charge in [-0.3, -0.25) is 9.59 Å². The molecule has 2 N–H and O–H groups in total. The first-order valence-electron chi connectivity index (χ1n) is 7.86. The number of carbonyl (C=O) groups excluding carboxylic acids is 2. The summed E-state index contributed by atoms with van der Waals surface area (Å²) in [6.45, 7) is 5.76. The number of benzene rings is 2. The van der Waals surface area contributed by atoms with Crippen LogP contribution in [0.15, 0.2) is 48.5 Å². The van der Waals surface area contributed by atoms with E-state index in [0.717, 1.165) is 5.56 Å². The largest absolute Gasteiger partial charge is 0.489 e. The van der Waals surface area contributed by atoms with Crippen molar-refractivity contribution in [2.45, 2.75) is 33.3 Å². The van der Waals surface area contributed by atoms with Gasteiger partial charge in [0.05, 0.1) is 11.8 Å². The third kappa shape index (κ3) is 5.43. The summed E-state index contributed by atoms with van der Waals surface area (Å²) in [6.07, 6.45) is -0.267. The Morgan fingerprint density at radius 3 is 2.42 bits per heavy atom. The van der Waals surface area contributed by atoms with Gasteiger partial charge in [-0.15, -0.1) is 0 Å². The third-order valence-corrected chi connectivity index (χ3v) is 3.15. The van der Waals surface area contributed by atoms with Crippen molar-refractivity contribution in [3.8, 4) is 5.75 Å². The van der Waals surface area contributed by atoms with E-state index in [2.05, 4.69) is 10.6 Å². The molecule has 126 valence electrons. The minimum atomic E-state index is -0.389. The molecular weight excluding hydrogens is 304 g/mol. The maximum atomic E-state index is 12.1. The fraction of sp³-hybridized carbons (Fsp3) is 0.263. The summed E-state index contributed by atoms with van der Waals surface area (Å²) in [4.78, 5) is 24.1. The fourth-order valence-electron chi connectivity index (χ4n) is 2.19. The van der Waals surface area contributed by atoms with E-state index in [-0.39, 0.29) is 24.3 Å². The van der Waals surface area contributed by atoms with Crippen LogP contribution in [0.3, 0.4) is 0 Å². The maximum absolute atomic E-state index is 12.1. The number of anilines is 2. The smallest absolute Gasteiger partial charge is 0.233 e. The molecule has 0 bridgehead atoms. The second kappa shape index (κ2) is 8.15. The van der Waals surface area contributed by atoms with Crippen LogP contribution in [0.2, 0.25) is 0 Å². The van der Waals surface area contributed by atoms with E-state index in [0.29, 0.717) is 17.1 Å². The van der Waals surface area contributed by atoms with Crippen molar-refractivity contribution in [1.82, 2.24) is 0 Å². The molecule has 2 rings (SSSR count). The lowest BCUT2D eigenvalue weighted by molar-refractivity contribution is -0.123. The molecule has 0 aromatic heterocycles. The Bertz CT molecular complexity index is 726. The van der Waals surface area contributed by atoms with Crippen molar-refractivity contribution >= 4 is 23.2 Å². The highest BCUT2D eigenvalue weighted by Gasteiger charge is 2.13. The van der Waals surface area contributed by atoms with Crippen molar-refractivity contribution in [2.24, 2.45) is 0 Å². The van der Waals surface area contributed by atoms with Crippen LogP contribution in [0.5, 0.6) is 5.75 Å². The molecule has 0 aliphatic carbocycles. The van der Waals surface area contributed by atoms with Gasteiger partial charge in [-0.25, -0.2) is 0 Å². The second-order valence-corrected chi connectivity index (χ2v) is 5.81. The van der Waals surface area contributed by atoms with Crippen LogP contribution in [0.1, 0.15) is 25.8 Å². The van der Waals surface area contributed by atoms with Crippen LogP contribution in [0.25, 0.3) is 0 Å². The highest BCUT2D eigenvalue weighted by Crippen LogP contribution is 2.25. The van der Waals surface area contributed by atoms with E-state index in [1.54, 1.807) is 24.3 Å². The van der Waals surface area contributed by atoms with E-state index >= 15 is 0 Å². The predicted molar refractivity (Wildman–Crippen MR) is 95.3 cm³/mol. The molecule has 0 saturated carbocycles. The molecule has 2 amide bonds. The number of rotatable bonds is 6. The molecule has 0 aliphatic heterocycles. The number of carbonyl (C=O) groups is 2.